The highest BCUT2D eigenvalue weighted by Gasteiger charge is 2.03. The first-order valence-electron chi connectivity index (χ1n) is 6.21. The van der Waals surface area contributed by atoms with Crippen molar-refractivity contribution in [2.24, 2.45) is 0 Å². The Hall–Kier alpha value is -0.900. The van der Waals surface area contributed by atoms with E-state index in [0.29, 0.717) is 0 Å². The van der Waals surface area contributed by atoms with Crippen LogP contribution in [0.1, 0.15) is 5.56 Å². The number of anilines is 1. The molecular formula is C16H15BrClNS. The van der Waals surface area contributed by atoms with Crippen LogP contribution in [0.5, 0.6) is 0 Å². The van der Waals surface area contributed by atoms with Gasteiger partial charge >= 0.3 is 0 Å². The lowest BCUT2D eigenvalue weighted by Crippen LogP contribution is -2.00. The minimum atomic E-state index is 0.732. The third-order valence-electron chi connectivity index (χ3n) is 2.71. The second-order valence-electron chi connectivity index (χ2n) is 4.20. The maximum absolute atomic E-state index is 6.00. The summed E-state index contributed by atoms with van der Waals surface area (Å²) in [5.41, 5.74) is 2.33. The zero-order valence-electron chi connectivity index (χ0n) is 10.9. The van der Waals surface area contributed by atoms with Gasteiger partial charge in [-0.3, -0.25) is 0 Å². The van der Waals surface area contributed by atoms with Crippen molar-refractivity contribution in [3.05, 3.63) is 70.2 Å². The van der Waals surface area contributed by atoms with E-state index < -0.39 is 0 Å². The third-order valence-corrected chi connectivity index (χ3v) is 4.99. The van der Waals surface area contributed by atoms with Crippen molar-refractivity contribution in [2.45, 2.75) is 11.4 Å². The molecule has 1 nitrogen and oxygen atoms in total. The van der Waals surface area contributed by atoms with Crippen LogP contribution in [0, 0.1) is 0 Å². The smallest absolute Gasteiger partial charge is 0.0548 e. The second-order valence-corrected chi connectivity index (χ2v) is 6.52. The SMILES string of the molecule is C=CCSc1ccccc1NCc1ccc(Cl)c(Br)c1. The average Bonchev–Trinajstić information content (AvgIpc) is 2.47. The molecule has 0 amide bonds. The number of halogens is 2. The van der Waals surface area contributed by atoms with E-state index in [9.17, 15) is 0 Å². The molecule has 2 aromatic carbocycles. The van der Waals surface area contributed by atoms with E-state index in [1.807, 2.05) is 30.3 Å². The number of hydrogen-bond acceptors (Lipinski definition) is 2. The van der Waals surface area contributed by atoms with E-state index in [2.05, 4.69) is 46.0 Å². The van der Waals surface area contributed by atoms with Gasteiger partial charge in [-0.25, -0.2) is 0 Å². The summed E-state index contributed by atoms with van der Waals surface area (Å²) in [7, 11) is 0. The molecule has 0 radical (unpaired) electrons. The van der Waals surface area contributed by atoms with E-state index in [4.69, 9.17) is 11.6 Å². The van der Waals surface area contributed by atoms with Gasteiger partial charge < -0.3 is 5.32 Å². The molecule has 0 aliphatic heterocycles. The number of hydrogen-bond donors (Lipinski definition) is 1. The molecule has 1 N–H and O–H groups in total. The van der Waals surface area contributed by atoms with Crippen LogP contribution in [0.2, 0.25) is 5.02 Å². The second kappa shape index (κ2) is 7.77. The number of thioether (sulfide) groups is 1. The predicted octanol–water partition coefficient (Wildman–Crippen LogP) is 5.99. The first kappa shape index (κ1) is 15.5. The van der Waals surface area contributed by atoms with E-state index >= 15 is 0 Å². The van der Waals surface area contributed by atoms with Crippen molar-refractivity contribution >= 4 is 45.0 Å². The monoisotopic (exact) mass is 367 g/mol. The van der Waals surface area contributed by atoms with E-state index in [-0.39, 0.29) is 0 Å². The summed E-state index contributed by atoms with van der Waals surface area (Å²) in [5, 5.41) is 4.20. The summed E-state index contributed by atoms with van der Waals surface area (Å²) in [4.78, 5) is 1.24. The summed E-state index contributed by atoms with van der Waals surface area (Å²) in [6.07, 6.45) is 1.91. The van der Waals surface area contributed by atoms with Crippen LogP contribution in [0.4, 0.5) is 5.69 Å². The normalized spacial score (nSPS) is 10.3. The Morgan fingerprint density at radius 3 is 2.80 bits per heavy atom. The molecular weight excluding hydrogens is 354 g/mol. The molecule has 4 heteroatoms. The Bertz CT molecular complexity index is 601. The molecule has 2 aromatic rings. The molecule has 20 heavy (non-hydrogen) atoms. The van der Waals surface area contributed by atoms with Crippen molar-refractivity contribution in [2.75, 3.05) is 11.1 Å². The molecule has 0 spiro atoms. The molecule has 0 atom stereocenters. The van der Waals surface area contributed by atoms with Gasteiger partial charge in [-0.15, -0.1) is 18.3 Å². The van der Waals surface area contributed by atoms with Crippen LogP contribution in [0.25, 0.3) is 0 Å². The van der Waals surface area contributed by atoms with Crippen molar-refractivity contribution in [1.82, 2.24) is 0 Å². The van der Waals surface area contributed by atoms with Gasteiger partial charge in [-0.2, -0.15) is 0 Å². The lowest BCUT2D eigenvalue weighted by Gasteiger charge is -2.11. The highest BCUT2D eigenvalue weighted by Crippen LogP contribution is 2.28. The van der Waals surface area contributed by atoms with Crippen molar-refractivity contribution in [3.8, 4) is 0 Å². The van der Waals surface area contributed by atoms with Crippen LogP contribution >= 0.6 is 39.3 Å². The Kier molecular flexibility index (Phi) is 6.02. The highest BCUT2D eigenvalue weighted by molar-refractivity contribution is 9.10. The maximum Gasteiger partial charge on any atom is 0.0548 e. The van der Waals surface area contributed by atoms with Gasteiger partial charge in [0, 0.05) is 27.4 Å². The van der Waals surface area contributed by atoms with Crippen molar-refractivity contribution in [1.29, 1.82) is 0 Å². The van der Waals surface area contributed by atoms with E-state index in [1.54, 1.807) is 11.8 Å². The van der Waals surface area contributed by atoms with Gasteiger partial charge in [0.2, 0.25) is 0 Å². The number of rotatable bonds is 6. The van der Waals surface area contributed by atoms with E-state index in [1.165, 1.54) is 10.5 Å². The van der Waals surface area contributed by atoms with Gasteiger partial charge in [-0.05, 0) is 45.8 Å². The minimum absolute atomic E-state index is 0.732. The average molecular weight is 369 g/mol. The molecule has 0 saturated heterocycles. The molecule has 0 aliphatic rings. The zero-order chi connectivity index (χ0) is 14.4. The first-order chi connectivity index (χ1) is 9.70. The summed E-state index contributed by atoms with van der Waals surface area (Å²) >= 11 is 11.2. The molecule has 2 rings (SSSR count). The van der Waals surface area contributed by atoms with Gasteiger partial charge in [0.1, 0.15) is 0 Å². The number of para-hydroxylation sites is 1. The molecule has 0 saturated carbocycles. The van der Waals surface area contributed by atoms with Gasteiger partial charge in [-0.1, -0.05) is 35.9 Å². The van der Waals surface area contributed by atoms with Crippen LogP contribution in [0.3, 0.4) is 0 Å². The van der Waals surface area contributed by atoms with Gasteiger partial charge in [0.15, 0.2) is 0 Å². The summed E-state index contributed by atoms with van der Waals surface area (Å²) in [6.45, 7) is 4.52. The van der Waals surface area contributed by atoms with Crippen molar-refractivity contribution in [3.63, 3.8) is 0 Å². The Labute approximate surface area is 137 Å². The zero-order valence-corrected chi connectivity index (χ0v) is 14.1. The molecule has 0 fully saturated rings. The summed E-state index contributed by atoms with van der Waals surface area (Å²) in [6, 6.07) is 14.3. The largest absolute Gasteiger partial charge is 0.380 e. The standard InChI is InChI=1S/C16H15BrClNS/c1-2-9-20-16-6-4-3-5-15(16)19-11-12-7-8-14(18)13(17)10-12/h2-8,10,19H,1,9,11H2. The van der Waals surface area contributed by atoms with Crippen molar-refractivity contribution < 1.29 is 0 Å². The molecule has 0 heterocycles. The first-order valence-corrected chi connectivity index (χ1v) is 8.37. The fourth-order valence-electron chi connectivity index (χ4n) is 1.73. The van der Waals surface area contributed by atoms with Crippen LogP contribution in [-0.4, -0.2) is 5.75 Å². The molecule has 0 aliphatic carbocycles. The third kappa shape index (κ3) is 4.30. The van der Waals surface area contributed by atoms with Crippen LogP contribution < -0.4 is 5.32 Å². The number of benzene rings is 2. The lowest BCUT2D eigenvalue weighted by atomic mass is 10.2. The number of nitrogens with one attached hydrogen (secondary N) is 1. The van der Waals surface area contributed by atoms with E-state index in [0.717, 1.165) is 27.5 Å². The molecule has 0 bridgehead atoms. The van der Waals surface area contributed by atoms with Crippen LogP contribution in [-0.2, 0) is 6.54 Å². The quantitative estimate of drug-likeness (QED) is 0.496. The molecule has 0 aromatic heterocycles. The van der Waals surface area contributed by atoms with Gasteiger partial charge in [0.05, 0.1) is 5.02 Å². The fraction of sp³-hybridized carbons (Fsp3) is 0.125. The maximum atomic E-state index is 6.00. The Balaban J connectivity index is 2.06. The fourth-order valence-corrected chi connectivity index (χ4v) is 3.05. The van der Waals surface area contributed by atoms with Gasteiger partial charge in [0.25, 0.3) is 0 Å². The lowest BCUT2D eigenvalue weighted by molar-refractivity contribution is 1.13. The molecule has 104 valence electrons. The predicted molar refractivity (Wildman–Crippen MR) is 93.8 cm³/mol. The Morgan fingerprint density at radius 2 is 2.05 bits per heavy atom. The van der Waals surface area contributed by atoms with Crippen LogP contribution in [0.15, 0.2) is 64.5 Å². The topological polar surface area (TPSA) is 12.0 Å². The Morgan fingerprint density at radius 1 is 1.25 bits per heavy atom. The minimum Gasteiger partial charge on any atom is -0.380 e. The summed E-state index contributed by atoms with van der Waals surface area (Å²) in [5.74, 6) is 0.908. The molecule has 0 unspecified atom stereocenters. The highest BCUT2D eigenvalue weighted by atomic mass is 79.9. The summed E-state index contributed by atoms with van der Waals surface area (Å²) < 4.78 is 0.924.